The summed E-state index contributed by atoms with van der Waals surface area (Å²) in [4.78, 5) is 12.2. The van der Waals surface area contributed by atoms with Crippen LogP contribution >= 0.6 is 0 Å². The first-order valence-corrected chi connectivity index (χ1v) is 8.43. The minimum absolute atomic E-state index is 0.0369. The van der Waals surface area contributed by atoms with E-state index in [1.165, 1.54) is 44.6 Å². The van der Waals surface area contributed by atoms with Crippen LogP contribution in [0.3, 0.4) is 0 Å². The van der Waals surface area contributed by atoms with Crippen molar-refractivity contribution in [3.05, 3.63) is 59.7 Å². The molecule has 7 nitrogen and oxygen atoms in total. The molecule has 0 aromatic heterocycles. The summed E-state index contributed by atoms with van der Waals surface area (Å²) in [6, 6.07) is 8.25. The second-order valence-corrected chi connectivity index (χ2v) is 5.97. The van der Waals surface area contributed by atoms with Crippen molar-refractivity contribution in [3.63, 3.8) is 0 Å². The normalized spacial score (nSPS) is 13.6. The van der Waals surface area contributed by atoms with Crippen LogP contribution in [0.1, 0.15) is 11.1 Å². The Morgan fingerprint density at radius 1 is 0.964 bits per heavy atom. The van der Waals surface area contributed by atoms with Crippen LogP contribution in [0.25, 0.3) is 12.2 Å². The molecule has 0 saturated heterocycles. The summed E-state index contributed by atoms with van der Waals surface area (Å²) in [5.74, 6) is 0.0897. The minimum Gasteiger partial charge on any atom is -0.504 e. The largest absolute Gasteiger partial charge is 0.504 e. The Labute approximate surface area is 163 Å². The Morgan fingerprint density at radius 3 is 1.93 bits per heavy atom. The third-order valence-corrected chi connectivity index (χ3v) is 4.03. The maximum Gasteiger partial charge on any atom is 0.175 e. The van der Waals surface area contributed by atoms with Crippen LogP contribution in [0.5, 0.6) is 23.0 Å². The van der Waals surface area contributed by atoms with E-state index in [0.29, 0.717) is 22.6 Å². The number of hydrogen-bond donors (Lipinski definition) is 4. The monoisotopic (exact) mass is 385 g/mol. The molecule has 148 valence electrons. The van der Waals surface area contributed by atoms with Gasteiger partial charge in [0.15, 0.2) is 28.8 Å². The van der Waals surface area contributed by atoms with E-state index in [9.17, 15) is 20.1 Å². The molecule has 2 atom stereocenters. The summed E-state index contributed by atoms with van der Waals surface area (Å²) in [6.45, 7) is 0. The van der Waals surface area contributed by atoms with Gasteiger partial charge < -0.3 is 30.5 Å². The molecule has 7 heteroatoms. The molecule has 0 spiro atoms. The maximum absolute atomic E-state index is 12.2. The standard InChI is InChI=1S/C21H23NO6/c1-27-19-9-5-13(11-17(19)25)3-7-15(23)21(22)16(24)8-4-14-6-10-20(28-2)18(26)12-14/h3-12,15,21,23,25-26H,22H2,1-2H3/b7-3+,8-4+. The van der Waals surface area contributed by atoms with Gasteiger partial charge in [-0.25, -0.2) is 0 Å². The average Bonchev–Trinajstić information content (AvgIpc) is 2.69. The Hall–Kier alpha value is -3.29. The van der Waals surface area contributed by atoms with E-state index < -0.39 is 17.9 Å². The number of phenols is 2. The number of carbonyl (C=O) groups is 1. The lowest BCUT2D eigenvalue weighted by molar-refractivity contribution is -0.117. The molecule has 28 heavy (non-hydrogen) atoms. The third kappa shape index (κ3) is 5.35. The van der Waals surface area contributed by atoms with E-state index in [1.54, 1.807) is 30.3 Å². The summed E-state index contributed by atoms with van der Waals surface area (Å²) >= 11 is 0. The Kier molecular flexibility index (Phi) is 7.20. The van der Waals surface area contributed by atoms with E-state index in [0.717, 1.165) is 0 Å². The average molecular weight is 385 g/mol. The highest BCUT2D eigenvalue weighted by molar-refractivity contribution is 5.98. The second-order valence-electron chi connectivity index (χ2n) is 5.97. The number of ketones is 1. The van der Waals surface area contributed by atoms with Gasteiger partial charge in [0.1, 0.15) is 0 Å². The van der Waals surface area contributed by atoms with Gasteiger partial charge in [0.05, 0.1) is 26.4 Å². The molecule has 0 aliphatic carbocycles. The van der Waals surface area contributed by atoms with Gasteiger partial charge in [-0.05, 0) is 41.5 Å². The topological polar surface area (TPSA) is 122 Å². The molecule has 2 aromatic rings. The maximum atomic E-state index is 12.2. The van der Waals surface area contributed by atoms with Gasteiger partial charge in [0.25, 0.3) is 0 Å². The Morgan fingerprint density at radius 2 is 1.46 bits per heavy atom. The molecule has 0 heterocycles. The van der Waals surface area contributed by atoms with Crippen LogP contribution in [0, 0.1) is 0 Å². The quantitative estimate of drug-likeness (QED) is 0.513. The lowest BCUT2D eigenvalue weighted by Crippen LogP contribution is -2.39. The predicted molar refractivity (Wildman–Crippen MR) is 106 cm³/mol. The van der Waals surface area contributed by atoms with Gasteiger partial charge in [0.2, 0.25) is 0 Å². The fraction of sp³-hybridized carbons (Fsp3) is 0.190. The molecule has 2 unspecified atom stereocenters. The summed E-state index contributed by atoms with van der Waals surface area (Å²) in [7, 11) is 2.88. The first-order chi connectivity index (χ1) is 13.3. The lowest BCUT2D eigenvalue weighted by atomic mass is 10.0. The molecule has 0 saturated carbocycles. The number of hydrogen-bond acceptors (Lipinski definition) is 7. The van der Waals surface area contributed by atoms with Gasteiger partial charge in [-0.2, -0.15) is 0 Å². The van der Waals surface area contributed by atoms with Crippen molar-refractivity contribution < 1.29 is 29.6 Å². The molecule has 0 fully saturated rings. The van der Waals surface area contributed by atoms with Crippen molar-refractivity contribution in [1.29, 1.82) is 0 Å². The second kappa shape index (κ2) is 9.59. The predicted octanol–water partition coefficient (Wildman–Crippen LogP) is 2.10. The number of aliphatic hydroxyl groups is 1. The highest BCUT2D eigenvalue weighted by atomic mass is 16.5. The van der Waals surface area contributed by atoms with E-state index in [-0.39, 0.29) is 11.5 Å². The number of carbonyl (C=O) groups excluding carboxylic acids is 1. The van der Waals surface area contributed by atoms with E-state index >= 15 is 0 Å². The van der Waals surface area contributed by atoms with Gasteiger partial charge >= 0.3 is 0 Å². The van der Waals surface area contributed by atoms with E-state index in [4.69, 9.17) is 15.2 Å². The SMILES string of the molecule is COc1ccc(/C=C/C(=O)C(N)C(O)/C=C/c2ccc(OC)c(O)c2)cc1O. The molecule has 0 aliphatic rings. The highest BCUT2D eigenvalue weighted by Gasteiger charge is 2.18. The first-order valence-electron chi connectivity index (χ1n) is 8.43. The number of aliphatic hydroxyl groups excluding tert-OH is 1. The van der Waals surface area contributed by atoms with Crippen LogP contribution < -0.4 is 15.2 Å². The number of aromatic hydroxyl groups is 2. The van der Waals surface area contributed by atoms with Crippen molar-refractivity contribution in [2.24, 2.45) is 5.73 Å². The van der Waals surface area contributed by atoms with Crippen LogP contribution in [-0.2, 0) is 4.79 Å². The molecule has 0 radical (unpaired) electrons. The van der Waals surface area contributed by atoms with Gasteiger partial charge in [-0.3, -0.25) is 4.79 Å². The number of benzene rings is 2. The van der Waals surface area contributed by atoms with Crippen molar-refractivity contribution >= 4 is 17.9 Å². The van der Waals surface area contributed by atoms with Crippen molar-refractivity contribution in [3.8, 4) is 23.0 Å². The Bertz CT molecular complexity index is 890. The van der Waals surface area contributed by atoms with Crippen LogP contribution in [0.15, 0.2) is 48.6 Å². The van der Waals surface area contributed by atoms with Gasteiger partial charge in [-0.15, -0.1) is 0 Å². The zero-order valence-electron chi connectivity index (χ0n) is 15.6. The van der Waals surface area contributed by atoms with Crippen LogP contribution in [0.4, 0.5) is 0 Å². The number of phenolic OH excluding ortho intramolecular Hbond substituents is 2. The fourth-order valence-corrected chi connectivity index (χ4v) is 2.41. The van der Waals surface area contributed by atoms with E-state index in [1.807, 2.05) is 0 Å². The molecule has 0 bridgehead atoms. The van der Waals surface area contributed by atoms with Crippen LogP contribution in [-0.4, -0.2) is 47.5 Å². The lowest BCUT2D eigenvalue weighted by Gasteiger charge is -2.12. The molecule has 0 aliphatic heterocycles. The first kappa shape index (κ1) is 21.0. The summed E-state index contributed by atoms with van der Waals surface area (Å²) < 4.78 is 9.92. The molecular weight excluding hydrogens is 362 g/mol. The molecular formula is C21H23NO6. The smallest absolute Gasteiger partial charge is 0.175 e. The Balaban J connectivity index is 2.01. The van der Waals surface area contributed by atoms with Crippen LogP contribution in [0.2, 0.25) is 0 Å². The summed E-state index contributed by atoms with van der Waals surface area (Å²) in [5, 5.41) is 29.6. The zero-order chi connectivity index (χ0) is 20.7. The molecule has 0 amide bonds. The summed E-state index contributed by atoms with van der Waals surface area (Å²) in [6.07, 6.45) is 4.42. The molecule has 2 aromatic carbocycles. The van der Waals surface area contributed by atoms with Gasteiger partial charge in [0, 0.05) is 0 Å². The third-order valence-electron chi connectivity index (χ3n) is 4.03. The fourth-order valence-electron chi connectivity index (χ4n) is 2.41. The number of ether oxygens (including phenoxy) is 2. The zero-order valence-corrected chi connectivity index (χ0v) is 15.6. The highest BCUT2D eigenvalue weighted by Crippen LogP contribution is 2.27. The summed E-state index contributed by atoms with van der Waals surface area (Å²) in [5.41, 5.74) is 6.99. The number of methoxy groups -OCH3 is 2. The molecule has 2 rings (SSSR count). The molecule has 5 N–H and O–H groups in total. The van der Waals surface area contributed by atoms with E-state index in [2.05, 4.69) is 0 Å². The van der Waals surface area contributed by atoms with Gasteiger partial charge in [-0.1, -0.05) is 30.4 Å². The van der Waals surface area contributed by atoms with Crippen molar-refractivity contribution in [2.75, 3.05) is 14.2 Å². The minimum atomic E-state index is -1.22. The van der Waals surface area contributed by atoms with Crippen molar-refractivity contribution in [2.45, 2.75) is 12.1 Å². The number of rotatable bonds is 8. The number of nitrogens with two attached hydrogens (primary N) is 1. The van der Waals surface area contributed by atoms with Crippen molar-refractivity contribution in [1.82, 2.24) is 0 Å².